The summed E-state index contributed by atoms with van der Waals surface area (Å²) in [6.45, 7) is 2.09. The van der Waals surface area contributed by atoms with Gasteiger partial charge in [-0.05, 0) is 31.4 Å². The standard InChI is InChI=1S/C14H17ClN2O/c1-9-4-3-5-12-14(9)16-13(8-15)17(12)10-6-11(7-10)18-2/h3-5,10-11H,6-8H2,1-2H3. The third kappa shape index (κ3) is 1.73. The minimum absolute atomic E-state index is 0.389. The van der Waals surface area contributed by atoms with E-state index in [0.29, 0.717) is 18.0 Å². The topological polar surface area (TPSA) is 27.1 Å². The van der Waals surface area contributed by atoms with E-state index < -0.39 is 0 Å². The lowest BCUT2D eigenvalue weighted by Gasteiger charge is -2.36. The molecule has 18 heavy (non-hydrogen) atoms. The minimum Gasteiger partial charge on any atom is -0.381 e. The number of para-hydroxylation sites is 1. The second kappa shape index (κ2) is 4.56. The molecule has 0 saturated heterocycles. The van der Waals surface area contributed by atoms with Crippen LogP contribution in [0, 0.1) is 6.92 Å². The molecule has 0 N–H and O–H groups in total. The van der Waals surface area contributed by atoms with Crippen LogP contribution in [-0.2, 0) is 10.6 Å². The molecule has 4 heteroatoms. The van der Waals surface area contributed by atoms with E-state index in [9.17, 15) is 0 Å². The van der Waals surface area contributed by atoms with Crippen LogP contribution in [0.2, 0.25) is 0 Å². The Hall–Kier alpha value is -1.06. The molecule has 0 amide bonds. The first-order chi connectivity index (χ1) is 8.74. The van der Waals surface area contributed by atoms with Gasteiger partial charge in [0.2, 0.25) is 0 Å². The van der Waals surface area contributed by atoms with Gasteiger partial charge in [0.1, 0.15) is 5.82 Å². The number of methoxy groups -OCH3 is 1. The Balaban J connectivity index is 2.07. The first-order valence-electron chi connectivity index (χ1n) is 6.29. The van der Waals surface area contributed by atoms with Crippen molar-refractivity contribution in [3.63, 3.8) is 0 Å². The molecule has 1 aromatic heterocycles. The van der Waals surface area contributed by atoms with Gasteiger partial charge in [-0.1, -0.05) is 12.1 Å². The van der Waals surface area contributed by atoms with Crippen LogP contribution in [0.1, 0.15) is 30.3 Å². The summed E-state index contributed by atoms with van der Waals surface area (Å²) in [5.41, 5.74) is 3.49. The van der Waals surface area contributed by atoms with Crippen molar-refractivity contribution in [3.05, 3.63) is 29.6 Å². The van der Waals surface area contributed by atoms with Crippen molar-refractivity contribution in [1.29, 1.82) is 0 Å². The van der Waals surface area contributed by atoms with E-state index in [2.05, 4.69) is 34.7 Å². The quantitative estimate of drug-likeness (QED) is 0.794. The Labute approximate surface area is 112 Å². The highest BCUT2D eigenvalue weighted by Gasteiger charge is 2.32. The van der Waals surface area contributed by atoms with Gasteiger partial charge in [-0.25, -0.2) is 4.98 Å². The van der Waals surface area contributed by atoms with Crippen molar-refractivity contribution >= 4 is 22.6 Å². The zero-order chi connectivity index (χ0) is 12.7. The molecule has 1 saturated carbocycles. The summed E-state index contributed by atoms with van der Waals surface area (Å²) >= 11 is 6.04. The molecule has 0 bridgehead atoms. The highest BCUT2D eigenvalue weighted by Crippen LogP contribution is 2.38. The average Bonchev–Trinajstić information content (AvgIpc) is 2.68. The lowest BCUT2D eigenvalue weighted by Crippen LogP contribution is -2.33. The van der Waals surface area contributed by atoms with E-state index in [1.807, 2.05) is 0 Å². The molecule has 0 radical (unpaired) electrons. The predicted octanol–water partition coefficient (Wildman–Crippen LogP) is 3.43. The highest BCUT2D eigenvalue weighted by molar-refractivity contribution is 6.16. The summed E-state index contributed by atoms with van der Waals surface area (Å²) in [7, 11) is 1.78. The van der Waals surface area contributed by atoms with Gasteiger partial charge in [-0.3, -0.25) is 0 Å². The second-order valence-electron chi connectivity index (χ2n) is 4.96. The average molecular weight is 265 g/mol. The van der Waals surface area contributed by atoms with Gasteiger partial charge in [0.15, 0.2) is 0 Å². The van der Waals surface area contributed by atoms with Gasteiger partial charge >= 0.3 is 0 Å². The maximum atomic E-state index is 6.04. The van der Waals surface area contributed by atoms with Crippen LogP contribution in [0.3, 0.4) is 0 Å². The molecule has 96 valence electrons. The largest absolute Gasteiger partial charge is 0.381 e. The van der Waals surface area contributed by atoms with Crippen LogP contribution in [0.25, 0.3) is 11.0 Å². The summed E-state index contributed by atoms with van der Waals surface area (Å²) in [5, 5.41) is 0. The number of aryl methyl sites for hydroxylation is 1. The molecule has 2 aromatic rings. The normalized spacial score (nSPS) is 23.3. The molecular weight excluding hydrogens is 248 g/mol. The molecule has 0 spiro atoms. The Bertz CT molecular complexity index is 572. The SMILES string of the molecule is COC1CC(n2c(CCl)nc3c(C)cccc32)C1. The summed E-state index contributed by atoms with van der Waals surface area (Å²) in [4.78, 5) is 4.67. The van der Waals surface area contributed by atoms with Crippen LogP contribution < -0.4 is 0 Å². The third-order valence-electron chi connectivity index (χ3n) is 3.88. The number of aromatic nitrogens is 2. The zero-order valence-electron chi connectivity index (χ0n) is 10.7. The summed E-state index contributed by atoms with van der Waals surface area (Å²) in [6, 6.07) is 6.79. The number of alkyl halides is 1. The summed E-state index contributed by atoms with van der Waals surface area (Å²) in [6.07, 6.45) is 2.50. The molecule has 3 nitrogen and oxygen atoms in total. The molecule has 0 aliphatic heterocycles. The van der Waals surface area contributed by atoms with E-state index in [4.69, 9.17) is 16.3 Å². The van der Waals surface area contributed by atoms with Gasteiger partial charge in [0.25, 0.3) is 0 Å². The van der Waals surface area contributed by atoms with Crippen molar-refractivity contribution in [2.75, 3.05) is 7.11 Å². The van der Waals surface area contributed by atoms with Crippen LogP contribution >= 0.6 is 11.6 Å². The number of nitrogens with zero attached hydrogens (tertiary/aromatic N) is 2. The van der Waals surface area contributed by atoms with Crippen molar-refractivity contribution < 1.29 is 4.74 Å². The van der Waals surface area contributed by atoms with Gasteiger partial charge < -0.3 is 9.30 Å². The van der Waals surface area contributed by atoms with Crippen molar-refractivity contribution in [1.82, 2.24) is 9.55 Å². The molecule has 1 aliphatic carbocycles. The predicted molar refractivity (Wildman–Crippen MR) is 73.1 cm³/mol. The Morgan fingerprint density at radius 1 is 1.44 bits per heavy atom. The van der Waals surface area contributed by atoms with Gasteiger partial charge in [0, 0.05) is 13.2 Å². The lowest BCUT2D eigenvalue weighted by molar-refractivity contribution is 0.00675. The molecule has 1 fully saturated rings. The maximum Gasteiger partial charge on any atom is 0.125 e. The fraction of sp³-hybridized carbons (Fsp3) is 0.500. The van der Waals surface area contributed by atoms with E-state index in [-0.39, 0.29) is 0 Å². The summed E-state index contributed by atoms with van der Waals surface area (Å²) in [5.74, 6) is 1.43. The van der Waals surface area contributed by atoms with E-state index >= 15 is 0 Å². The minimum atomic E-state index is 0.389. The van der Waals surface area contributed by atoms with Crippen LogP contribution in [0.15, 0.2) is 18.2 Å². The monoisotopic (exact) mass is 264 g/mol. The summed E-state index contributed by atoms with van der Waals surface area (Å²) < 4.78 is 7.65. The number of rotatable bonds is 3. The first kappa shape index (κ1) is 12.0. The van der Waals surface area contributed by atoms with Crippen molar-refractivity contribution in [2.24, 2.45) is 0 Å². The molecule has 0 atom stereocenters. The fourth-order valence-corrected chi connectivity index (χ4v) is 2.94. The second-order valence-corrected chi connectivity index (χ2v) is 5.22. The molecular formula is C14H17ClN2O. The number of halogens is 1. The smallest absolute Gasteiger partial charge is 0.125 e. The zero-order valence-corrected chi connectivity index (χ0v) is 11.4. The number of imidazole rings is 1. The van der Waals surface area contributed by atoms with Crippen LogP contribution in [-0.4, -0.2) is 22.8 Å². The third-order valence-corrected chi connectivity index (χ3v) is 4.12. The molecule has 3 rings (SSSR count). The van der Waals surface area contributed by atoms with Crippen LogP contribution in [0.5, 0.6) is 0 Å². The van der Waals surface area contributed by atoms with E-state index in [1.54, 1.807) is 7.11 Å². The van der Waals surface area contributed by atoms with Crippen molar-refractivity contribution in [2.45, 2.75) is 37.8 Å². The Morgan fingerprint density at radius 3 is 2.89 bits per heavy atom. The lowest BCUT2D eigenvalue weighted by atomic mass is 9.88. The number of fused-ring (bicyclic) bond motifs is 1. The number of hydrogen-bond donors (Lipinski definition) is 0. The Kier molecular flexibility index (Phi) is 3.04. The van der Waals surface area contributed by atoms with E-state index in [1.165, 1.54) is 11.1 Å². The number of hydrogen-bond acceptors (Lipinski definition) is 2. The fourth-order valence-electron chi connectivity index (χ4n) is 2.75. The highest BCUT2D eigenvalue weighted by atomic mass is 35.5. The Morgan fingerprint density at radius 2 is 2.22 bits per heavy atom. The van der Waals surface area contributed by atoms with Gasteiger partial charge in [-0.15, -0.1) is 11.6 Å². The van der Waals surface area contributed by atoms with Gasteiger partial charge in [0.05, 0.1) is 23.0 Å². The molecule has 1 aromatic carbocycles. The number of benzene rings is 1. The number of ether oxygens (including phenoxy) is 1. The van der Waals surface area contributed by atoms with Crippen molar-refractivity contribution in [3.8, 4) is 0 Å². The van der Waals surface area contributed by atoms with E-state index in [0.717, 1.165) is 24.2 Å². The maximum absolute atomic E-state index is 6.04. The van der Waals surface area contributed by atoms with Gasteiger partial charge in [-0.2, -0.15) is 0 Å². The molecule has 1 aliphatic rings. The first-order valence-corrected chi connectivity index (χ1v) is 6.83. The van der Waals surface area contributed by atoms with Crippen LogP contribution in [0.4, 0.5) is 0 Å². The molecule has 1 heterocycles. The molecule has 0 unspecified atom stereocenters.